The van der Waals surface area contributed by atoms with Gasteiger partial charge in [-0.05, 0) is 56.2 Å². The third-order valence-corrected chi connectivity index (χ3v) is 8.93. The van der Waals surface area contributed by atoms with Crippen LogP contribution in [-0.2, 0) is 9.59 Å². The zero-order valence-corrected chi connectivity index (χ0v) is 29.1. The molecule has 2 aliphatic heterocycles. The van der Waals surface area contributed by atoms with Crippen LogP contribution >= 0.6 is 0 Å². The molecule has 272 valence electrons. The molecule has 0 radical (unpaired) electrons. The first kappa shape index (κ1) is 36.8. The summed E-state index contributed by atoms with van der Waals surface area (Å²) in [5.41, 5.74) is 8.06. The molecular formula is C37H46N6O8. The molecule has 5 rings (SSSR count). The van der Waals surface area contributed by atoms with Crippen molar-refractivity contribution in [2.45, 2.75) is 58.1 Å². The number of benzene rings is 3. The molecule has 3 aromatic rings. The molecule has 0 bridgehead atoms. The fourth-order valence-electron chi connectivity index (χ4n) is 5.89. The van der Waals surface area contributed by atoms with E-state index in [1.54, 1.807) is 79.5 Å². The number of nitrogens with zero attached hydrogens (tertiary/aromatic N) is 2. The van der Waals surface area contributed by atoms with Gasteiger partial charge in [-0.15, -0.1) is 0 Å². The van der Waals surface area contributed by atoms with Crippen LogP contribution in [0.2, 0.25) is 0 Å². The molecule has 3 aromatic carbocycles. The molecule has 0 saturated carbocycles. The van der Waals surface area contributed by atoms with Crippen molar-refractivity contribution in [2.24, 2.45) is 5.92 Å². The minimum absolute atomic E-state index is 0.119. The predicted molar refractivity (Wildman–Crippen MR) is 193 cm³/mol. The van der Waals surface area contributed by atoms with E-state index < -0.39 is 12.1 Å². The zero-order valence-electron chi connectivity index (χ0n) is 29.1. The fraction of sp³-hybridized carbons (Fsp3) is 0.405. The normalized spacial score (nSPS) is 16.9. The number of carbonyl (C=O) groups is 4. The average Bonchev–Trinajstić information content (AvgIpc) is 3.58. The van der Waals surface area contributed by atoms with Crippen molar-refractivity contribution >= 4 is 46.5 Å². The predicted octanol–water partition coefficient (Wildman–Crippen LogP) is 4.91. The van der Waals surface area contributed by atoms with Crippen molar-refractivity contribution in [3.05, 3.63) is 66.2 Å². The topological polar surface area (TPSA) is 185 Å². The van der Waals surface area contributed by atoms with Crippen LogP contribution in [0.15, 0.2) is 60.7 Å². The standard InChI is InChI=1S/C37H46N6O8/c1-23-19-43(24(2)21-44)36(47)26-10-9-13-29(41-34(46)15-6-4-5-14-33(45)40-28-12-8-7-11-27(28)38)35(26)51-32(23)20-42(3)37(48)39-25-16-17-30-31(18-25)50-22-49-30/h7-13,16-18,23-24,32,44H,4-6,14-15,19-22,38H2,1-3H3,(H,39,48)(H,40,45)(H,41,46)/t23-,24+,32-/m1/s1. The van der Waals surface area contributed by atoms with Crippen molar-refractivity contribution < 1.29 is 38.5 Å². The van der Waals surface area contributed by atoms with E-state index in [1.807, 2.05) is 6.92 Å². The fourth-order valence-corrected chi connectivity index (χ4v) is 5.89. The van der Waals surface area contributed by atoms with Crippen LogP contribution in [0, 0.1) is 5.92 Å². The van der Waals surface area contributed by atoms with Gasteiger partial charge in [-0.3, -0.25) is 14.4 Å². The number of anilines is 4. The van der Waals surface area contributed by atoms with Crippen LogP contribution in [0.3, 0.4) is 0 Å². The van der Waals surface area contributed by atoms with Crippen LogP contribution in [0.5, 0.6) is 17.2 Å². The summed E-state index contributed by atoms with van der Waals surface area (Å²) in [5.74, 6) is 0.321. The summed E-state index contributed by atoms with van der Waals surface area (Å²) in [6, 6.07) is 16.3. The number of carbonyl (C=O) groups excluding carboxylic acids is 4. The Labute approximate surface area is 297 Å². The van der Waals surface area contributed by atoms with Gasteiger partial charge in [0.05, 0.1) is 41.8 Å². The van der Waals surface area contributed by atoms with Crippen LogP contribution in [0.25, 0.3) is 0 Å². The summed E-state index contributed by atoms with van der Waals surface area (Å²) in [7, 11) is 1.64. The lowest BCUT2D eigenvalue weighted by Crippen LogP contribution is -2.50. The van der Waals surface area contributed by atoms with E-state index in [9.17, 15) is 24.3 Å². The van der Waals surface area contributed by atoms with E-state index >= 15 is 0 Å². The molecule has 0 aromatic heterocycles. The molecule has 2 aliphatic rings. The highest BCUT2D eigenvalue weighted by Crippen LogP contribution is 2.36. The lowest BCUT2D eigenvalue weighted by molar-refractivity contribution is -0.116. The Bertz CT molecular complexity index is 1730. The monoisotopic (exact) mass is 702 g/mol. The number of urea groups is 1. The van der Waals surface area contributed by atoms with Gasteiger partial charge < -0.3 is 50.8 Å². The first-order chi connectivity index (χ1) is 24.5. The van der Waals surface area contributed by atoms with E-state index in [4.69, 9.17) is 19.9 Å². The summed E-state index contributed by atoms with van der Waals surface area (Å²) in [5, 5.41) is 18.6. The van der Waals surface area contributed by atoms with Gasteiger partial charge in [0.25, 0.3) is 5.91 Å². The van der Waals surface area contributed by atoms with Gasteiger partial charge in [0.15, 0.2) is 17.2 Å². The van der Waals surface area contributed by atoms with Crippen molar-refractivity contribution in [1.82, 2.24) is 9.80 Å². The maximum absolute atomic E-state index is 13.8. The number of nitrogens with one attached hydrogen (secondary N) is 3. The summed E-state index contributed by atoms with van der Waals surface area (Å²) in [6.07, 6.45) is 1.70. The number of rotatable bonds is 13. The number of fused-ring (bicyclic) bond motifs is 2. The number of aliphatic hydroxyl groups is 1. The summed E-state index contributed by atoms with van der Waals surface area (Å²) in [4.78, 5) is 55.6. The largest absolute Gasteiger partial charge is 0.485 e. The molecule has 0 fully saturated rings. The highest BCUT2D eigenvalue weighted by atomic mass is 16.7. The third kappa shape index (κ3) is 9.39. The molecule has 5 amide bonds. The zero-order chi connectivity index (χ0) is 36.5. The van der Waals surface area contributed by atoms with E-state index in [1.165, 1.54) is 4.90 Å². The SMILES string of the molecule is C[C@@H]1CN([C@@H](C)CO)C(=O)c2cccc(NC(=O)CCCCCC(=O)Nc3ccccc3N)c2O[C@@H]1CN(C)C(=O)Nc1ccc2c(c1)OCO2. The minimum atomic E-state index is -0.590. The summed E-state index contributed by atoms with van der Waals surface area (Å²) in [6.45, 7) is 3.98. The number of likely N-dealkylation sites (N-methyl/N-ethyl adjacent to an activating group) is 1. The first-order valence-electron chi connectivity index (χ1n) is 17.1. The number of hydrogen-bond acceptors (Lipinski definition) is 9. The van der Waals surface area contributed by atoms with Gasteiger partial charge in [-0.1, -0.05) is 31.5 Å². The van der Waals surface area contributed by atoms with E-state index in [0.717, 1.165) is 0 Å². The van der Waals surface area contributed by atoms with E-state index in [2.05, 4.69) is 16.0 Å². The van der Waals surface area contributed by atoms with Crippen molar-refractivity contribution in [3.8, 4) is 17.2 Å². The van der Waals surface area contributed by atoms with Crippen LogP contribution in [-0.4, -0.2) is 84.3 Å². The smallest absolute Gasteiger partial charge is 0.321 e. The molecule has 6 N–H and O–H groups in total. The van der Waals surface area contributed by atoms with Gasteiger partial charge in [0.1, 0.15) is 6.10 Å². The lowest BCUT2D eigenvalue weighted by atomic mass is 9.99. The van der Waals surface area contributed by atoms with E-state index in [0.29, 0.717) is 59.9 Å². The number of amides is 5. The lowest BCUT2D eigenvalue weighted by Gasteiger charge is -2.38. The van der Waals surface area contributed by atoms with Crippen LogP contribution < -0.4 is 35.9 Å². The Morgan fingerprint density at radius 1 is 0.941 bits per heavy atom. The van der Waals surface area contributed by atoms with Crippen molar-refractivity contribution in [1.29, 1.82) is 0 Å². The van der Waals surface area contributed by atoms with Gasteiger partial charge in [0, 0.05) is 44.1 Å². The van der Waals surface area contributed by atoms with Gasteiger partial charge in [-0.25, -0.2) is 4.79 Å². The van der Waals surface area contributed by atoms with Gasteiger partial charge in [0.2, 0.25) is 18.6 Å². The number of aliphatic hydroxyl groups excluding tert-OH is 1. The number of unbranched alkanes of at least 4 members (excludes halogenated alkanes) is 2. The molecule has 51 heavy (non-hydrogen) atoms. The number of hydrogen-bond donors (Lipinski definition) is 5. The Hall–Kier alpha value is -5.50. The average molecular weight is 703 g/mol. The van der Waals surface area contributed by atoms with E-state index in [-0.39, 0.29) is 73.9 Å². The molecule has 0 aliphatic carbocycles. The van der Waals surface area contributed by atoms with Crippen molar-refractivity contribution in [3.63, 3.8) is 0 Å². The third-order valence-electron chi connectivity index (χ3n) is 8.93. The van der Waals surface area contributed by atoms with Gasteiger partial charge >= 0.3 is 6.03 Å². The second-order valence-corrected chi connectivity index (χ2v) is 12.9. The highest BCUT2D eigenvalue weighted by Gasteiger charge is 2.35. The first-order valence-corrected chi connectivity index (χ1v) is 17.1. The number of ether oxygens (including phenoxy) is 3. The molecule has 14 heteroatoms. The Morgan fingerprint density at radius 2 is 1.63 bits per heavy atom. The Balaban J connectivity index is 1.23. The summed E-state index contributed by atoms with van der Waals surface area (Å²) >= 11 is 0. The Morgan fingerprint density at radius 3 is 2.35 bits per heavy atom. The molecular weight excluding hydrogens is 656 g/mol. The number of para-hydroxylation sites is 3. The quantitative estimate of drug-likeness (QED) is 0.122. The molecule has 0 saturated heterocycles. The maximum atomic E-state index is 13.8. The van der Waals surface area contributed by atoms with Crippen LogP contribution in [0.4, 0.5) is 27.5 Å². The summed E-state index contributed by atoms with van der Waals surface area (Å²) < 4.78 is 17.3. The molecule has 14 nitrogen and oxygen atoms in total. The minimum Gasteiger partial charge on any atom is -0.485 e. The second kappa shape index (κ2) is 16.9. The van der Waals surface area contributed by atoms with Crippen molar-refractivity contribution in [2.75, 3.05) is 55.2 Å². The molecule has 0 unspecified atom stereocenters. The maximum Gasteiger partial charge on any atom is 0.321 e. The molecule has 3 atom stereocenters. The van der Waals surface area contributed by atoms with Gasteiger partial charge in [-0.2, -0.15) is 0 Å². The van der Waals surface area contributed by atoms with Crippen LogP contribution in [0.1, 0.15) is 56.3 Å². The highest BCUT2D eigenvalue weighted by molar-refractivity contribution is 6.01. The molecule has 0 spiro atoms. The number of nitrogens with two attached hydrogens (primary N) is 1. The second-order valence-electron chi connectivity index (χ2n) is 12.9. The molecule has 2 heterocycles. The number of nitrogen functional groups attached to an aromatic ring is 1. The Kier molecular flexibility index (Phi) is 12.2.